The highest BCUT2D eigenvalue weighted by Crippen LogP contribution is 2.31. The van der Waals surface area contributed by atoms with E-state index in [-0.39, 0.29) is 11.8 Å². The smallest absolute Gasteiger partial charge is 0.346 e. The van der Waals surface area contributed by atoms with E-state index in [0.29, 0.717) is 50.4 Å². The molecule has 184 valence electrons. The van der Waals surface area contributed by atoms with Crippen molar-refractivity contribution in [2.45, 2.75) is 37.9 Å². The Morgan fingerprint density at radius 1 is 1.17 bits per heavy atom. The van der Waals surface area contributed by atoms with Crippen molar-refractivity contribution in [1.29, 1.82) is 5.26 Å². The molecule has 5 rings (SSSR count). The summed E-state index contributed by atoms with van der Waals surface area (Å²) < 4.78 is 43.0. The Balaban J connectivity index is 1.35. The van der Waals surface area contributed by atoms with Crippen LogP contribution >= 0.6 is 0 Å². The van der Waals surface area contributed by atoms with Crippen molar-refractivity contribution in [1.82, 2.24) is 24.1 Å². The van der Waals surface area contributed by atoms with Crippen molar-refractivity contribution < 1.29 is 18.0 Å². The number of aryl methyl sites for hydroxylation is 1. The minimum absolute atomic E-state index is 0.168. The Bertz CT molecular complexity index is 1490. The van der Waals surface area contributed by atoms with Crippen molar-refractivity contribution in [3.63, 3.8) is 0 Å². The van der Waals surface area contributed by atoms with Gasteiger partial charge in [0, 0.05) is 60.5 Å². The number of amides is 1. The molecule has 1 aliphatic rings. The van der Waals surface area contributed by atoms with Gasteiger partial charge in [0.05, 0.1) is 18.1 Å². The Hall–Kier alpha value is -4.13. The Morgan fingerprint density at radius 2 is 2.00 bits per heavy atom. The van der Waals surface area contributed by atoms with Crippen molar-refractivity contribution in [2.75, 3.05) is 13.1 Å². The third-order valence-corrected chi connectivity index (χ3v) is 6.54. The van der Waals surface area contributed by atoms with Crippen LogP contribution in [0.5, 0.6) is 0 Å². The standard InChI is InChI=1S/C26H23F3N6O/c27-26(28,29)20-9-10-23-31-32-25(35(23)17-20)19-5-3-13-34(16-19)24(36)11-8-18-15-33(14-4-12-30)22-7-2-1-6-21(18)22/h1-2,6-11,15,17,19H,3-5,13-14,16H2/b11-8+. The summed E-state index contributed by atoms with van der Waals surface area (Å²) >= 11 is 0. The summed E-state index contributed by atoms with van der Waals surface area (Å²) in [5, 5.41) is 18.1. The molecule has 1 unspecified atom stereocenters. The molecule has 1 amide bonds. The van der Waals surface area contributed by atoms with Gasteiger partial charge in [-0.05, 0) is 37.1 Å². The summed E-state index contributed by atoms with van der Waals surface area (Å²) in [5.74, 6) is 0.0407. The number of piperidine rings is 1. The first kappa shape index (κ1) is 23.6. The Labute approximate surface area is 205 Å². The van der Waals surface area contributed by atoms with Gasteiger partial charge in [-0.3, -0.25) is 9.20 Å². The number of nitrogens with zero attached hydrogens (tertiary/aromatic N) is 6. The fraction of sp³-hybridized carbons (Fsp3) is 0.308. The highest BCUT2D eigenvalue weighted by Gasteiger charge is 2.32. The highest BCUT2D eigenvalue weighted by molar-refractivity contribution is 5.96. The van der Waals surface area contributed by atoms with E-state index < -0.39 is 11.7 Å². The lowest BCUT2D eigenvalue weighted by Gasteiger charge is -2.31. The second-order valence-electron chi connectivity index (χ2n) is 8.86. The van der Waals surface area contributed by atoms with Crippen LogP contribution in [-0.2, 0) is 17.5 Å². The van der Waals surface area contributed by atoms with E-state index in [4.69, 9.17) is 5.26 Å². The molecule has 3 aromatic heterocycles. The molecule has 1 aliphatic heterocycles. The summed E-state index contributed by atoms with van der Waals surface area (Å²) in [6.45, 7) is 1.48. The maximum absolute atomic E-state index is 13.2. The van der Waals surface area contributed by atoms with E-state index in [0.717, 1.165) is 28.7 Å². The molecular weight excluding hydrogens is 469 g/mol. The van der Waals surface area contributed by atoms with Gasteiger partial charge < -0.3 is 9.47 Å². The number of para-hydroxylation sites is 1. The van der Waals surface area contributed by atoms with Gasteiger partial charge in [0.1, 0.15) is 5.82 Å². The van der Waals surface area contributed by atoms with Gasteiger partial charge in [0.25, 0.3) is 0 Å². The molecule has 0 aliphatic carbocycles. The maximum Gasteiger partial charge on any atom is 0.417 e. The lowest BCUT2D eigenvalue weighted by atomic mass is 9.97. The van der Waals surface area contributed by atoms with Crippen LogP contribution in [0.1, 0.15) is 42.1 Å². The van der Waals surface area contributed by atoms with Crippen molar-refractivity contribution in [2.24, 2.45) is 0 Å². The quantitative estimate of drug-likeness (QED) is 0.366. The molecule has 1 saturated heterocycles. The second kappa shape index (κ2) is 9.49. The molecule has 36 heavy (non-hydrogen) atoms. The number of carbonyl (C=O) groups excluding carboxylic acids is 1. The average Bonchev–Trinajstić information content (AvgIpc) is 3.47. The molecule has 0 N–H and O–H groups in total. The first-order valence-electron chi connectivity index (χ1n) is 11.7. The zero-order chi connectivity index (χ0) is 25.3. The minimum atomic E-state index is -4.47. The van der Waals surface area contributed by atoms with Gasteiger partial charge in [-0.15, -0.1) is 10.2 Å². The number of halogens is 3. The lowest BCUT2D eigenvalue weighted by molar-refractivity contribution is -0.137. The number of fused-ring (bicyclic) bond motifs is 2. The summed E-state index contributed by atoms with van der Waals surface area (Å²) in [7, 11) is 0. The van der Waals surface area contributed by atoms with E-state index in [2.05, 4.69) is 16.3 Å². The number of alkyl halides is 3. The SMILES string of the molecule is N#CCCn1cc(/C=C/C(=O)N2CCCC(c3nnc4ccc(C(F)(F)F)cn34)C2)c2ccccc21. The summed E-state index contributed by atoms with van der Waals surface area (Å²) in [6, 6.07) is 12.3. The summed E-state index contributed by atoms with van der Waals surface area (Å²) in [4.78, 5) is 14.8. The average molecular weight is 493 g/mol. The molecule has 0 bridgehead atoms. The van der Waals surface area contributed by atoms with Gasteiger partial charge in [0.2, 0.25) is 5.91 Å². The Kier molecular flexibility index (Phi) is 6.22. The fourth-order valence-electron chi connectivity index (χ4n) is 4.77. The minimum Gasteiger partial charge on any atom is -0.346 e. The molecule has 1 aromatic carbocycles. The molecule has 1 fully saturated rings. The molecule has 4 aromatic rings. The molecule has 7 nitrogen and oxygen atoms in total. The molecule has 1 atom stereocenters. The van der Waals surface area contributed by atoms with Crippen LogP contribution in [0.2, 0.25) is 0 Å². The van der Waals surface area contributed by atoms with Crippen molar-refractivity contribution in [3.05, 3.63) is 71.8 Å². The van der Waals surface area contributed by atoms with Crippen LogP contribution in [0.3, 0.4) is 0 Å². The number of likely N-dealkylation sites (tertiary alicyclic amines) is 1. The molecular formula is C26H23F3N6O. The number of hydrogen-bond donors (Lipinski definition) is 0. The number of aromatic nitrogens is 4. The zero-order valence-corrected chi connectivity index (χ0v) is 19.3. The monoisotopic (exact) mass is 492 g/mol. The maximum atomic E-state index is 13.2. The van der Waals surface area contributed by atoms with Gasteiger partial charge in [-0.1, -0.05) is 18.2 Å². The van der Waals surface area contributed by atoms with Crippen LogP contribution in [-0.4, -0.2) is 43.1 Å². The number of nitriles is 1. The number of rotatable bonds is 5. The molecule has 0 radical (unpaired) electrons. The number of carbonyl (C=O) groups is 1. The van der Waals surface area contributed by atoms with E-state index in [1.807, 2.05) is 35.0 Å². The Morgan fingerprint density at radius 3 is 2.81 bits per heavy atom. The molecule has 10 heteroatoms. The second-order valence-corrected chi connectivity index (χ2v) is 8.86. The molecule has 0 saturated carbocycles. The zero-order valence-electron chi connectivity index (χ0n) is 19.3. The largest absolute Gasteiger partial charge is 0.417 e. The predicted molar refractivity (Wildman–Crippen MR) is 128 cm³/mol. The molecule has 0 spiro atoms. The van der Waals surface area contributed by atoms with Gasteiger partial charge in [-0.2, -0.15) is 18.4 Å². The van der Waals surface area contributed by atoms with Crippen LogP contribution in [0, 0.1) is 11.3 Å². The summed E-state index contributed by atoms with van der Waals surface area (Å²) in [6.07, 6.45) is 3.60. The first-order valence-corrected chi connectivity index (χ1v) is 11.7. The van der Waals surface area contributed by atoms with Gasteiger partial charge in [-0.25, -0.2) is 0 Å². The third-order valence-electron chi connectivity index (χ3n) is 6.54. The van der Waals surface area contributed by atoms with Crippen LogP contribution < -0.4 is 0 Å². The van der Waals surface area contributed by atoms with Gasteiger partial charge in [0.15, 0.2) is 5.65 Å². The van der Waals surface area contributed by atoms with E-state index in [9.17, 15) is 18.0 Å². The van der Waals surface area contributed by atoms with Crippen LogP contribution in [0.4, 0.5) is 13.2 Å². The van der Waals surface area contributed by atoms with Crippen molar-refractivity contribution in [3.8, 4) is 6.07 Å². The van der Waals surface area contributed by atoms with Crippen LogP contribution in [0.25, 0.3) is 22.6 Å². The van der Waals surface area contributed by atoms with E-state index in [1.165, 1.54) is 16.5 Å². The number of hydrogen-bond acceptors (Lipinski definition) is 4. The predicted octanol–water partition coefficient (Wildman–Crippen LogP) is 5.04. The number of pyridine rings is 1. The van der Waals surface area contributed by atoms with Crippen LogP contribution in [0.15, 0.2) is 54.9 Å². The van der Waals surface area contributed by atoms with E-state index >= 15 is 0 Å². The third kappa shape index (κ3) is 4.56. The first-order chi connectivity index (χ1) is 17.3. The van der Waals surface area contributed by atoms with Crippen molar-refractivity contribution >= 4 is 28.5 Å². The molecule has 4 heterocycles. The lowest BCUT2D eigenvalue weighted by Crippen LogP contribution is -2.38. The summed E-state index contributed by atoms with van der Waals surface area (Å²) in [5.41, 5.74) is 1.45. The van der Waals surface area contributed by atoms with E-state index in [1.54, 1.807) is 11.0 Å². The highest BCUT2D eigenvalue weighted by atomic mass is 19.4. The van der Waals surface area contributed by atoms with Gasteiger partial charge >= 0.3 is 6.18 Å². The normalized spacial score (nSPS) is 16.7. The fourth-order valence-corrected chi connectivity index (χ4v) is 4.77. The topological polar surface area (TPSA) is 79.2 Å². The number of benzene rings is 1.